The van der Waals surface area contributed by atoms with Gasteiger partial charge in [-0.25, -0.2) is 0 Å². The Hall–Kier alpha value is -1.35. The highest BCUT2D eigenvalue weighted by atomic mass is 16.2. The Morgan fingerprint density at radius 1 is 1.44 bits per heavy atom. The van der Waals surface area contributed by atoms with E-state index in [0.717, 1.165) is 12.8 Å². The molecule has 1 aliphatic carbocycles. The van der Waals surface area contributed by atoms with Crippen LogP contribution in [0.5, 0.6) is 0 Å². The minimum atomic E-state index is -0.697. The van der Waals surface area contributed by atoms with E-state index in [-0.39, 0.29) is 5.91 Å². The van der Waals surface area contributed by atoms with Crippen molar-refractivity contribution in [3.63, 3.8) is 0 Å². The van der Waals surface area contributed by atoms with E-state index >= 15 is 0 Å². The molecule has 0 saturated heterocycles. The minimum Gasteiger partial charge on any atom is -0.340 e. The molecule has 3 heteroatoms. The van der Waals surface area contributed by atoms with Crippen molar-refractivity contribution in [2.24, 2.45) is 11.7 Å². The average molecular weight is 246 g/mol. The van der Waals surface area contributed by atoms with Crippen LogP contribution < -0.4 is 5.73 Å². The quantitative estimate of drug-likeness (QED) is 0.884. The highest BCUT2D eigenvalue weighted by Crippen LogP contribution is 2.39. The highest BCUT2D eigenvalue weighted by molar-refractivity contribution is 5.86. The van der Waals surface area contributed by atoms with Crippen LogP contribution >= 0.6 is 0 Å². The van der Waals surface area contributed by atoms with Crippen LogP contribution in [-0.4, -0.2) is 23.4 Å². The van der Waals surface area contributed by atoms with Crippen molar-refractivity contribution in [3.8, 4) is 0 Å². The van der Waals surface area contributed by atoms with Crippen LogP contribution in [-0.2, 0) is 11.3 Å². The molecule has 1 aromatic carbocycles. The number of aryl methyl sites for hydroxylation is 1. The van der Waals surface area contributed by atoms with Crippen molar-refractivity contribution < 1.29 is 4.79 Å². The molecule has 1 aliphatic rings. The maximum Gasteiger partial charge on any atom is 0.242 e. The third kappa shape index (κ3) is 2.56. The zero-order valence-electron chi connectivity index (χ0n) is 11.4. The van der Waals surface area contributed by atoms with E-state index in [1.165, 1.54) is 11.1 Å². The SMILES string of the molecule is Cc1ccccc1CN(C)C(=O)C(C)(N)C1CC1. The van der Waals surface area contributed by atoms with Gasteiger partial charge in [-0.2, -0.15) is 0 Å². The van der Waals surface area contributed by atoms with Crippen molar-refractivity contribution in [1.82, 2.24) is 4.90 Å². The van der Waals surface area contributed by atoms with E-state index in [1.807, 2.05) is 26.1 Å². The van der Waals surface area contributed by atoms with E-state index in [2.05, 4.69) is 19.1 Å². The first kappa shape index (κ1) is 13.1. The molecule has 1 saturated carbocycles. The van der Waals surface area contributed by atoms with Crippen LogP contribution in [0.2, 0.25) is 0 Å². The highest BCUT2D eigenvalue weighted by Gasteiger charge is 2.45. The zero-order valence-corrected chi connectivity index (χ0v) is 11.4. The molecule has 0 bridgehead atoms. The van der Waals surface area contributed by atoms with Gasteiger partial charge >= 0.3 is 0 Å². The second-order valence-corrected chi connectivity index (χ2v) is 5.64. The fraction of sp³-hybridized carbons (Fsp3) is 0.533. The van der Waals surface area contributed by atoms with Gasteiger partial charge in [0.05, 0.1) is 5.54 Å². The standard InChI is InChI=1S/C15H22N2O/c1-11-6-4-5-7-12(11)10-17(3)14(18)15(2,16)13-8-9-13/h4-7,13H,8-10,16H2,1-3H3. The number of nitrogens with two attached hydrogens (primary N) is 1. The van der Waals surface area contributed by atoms with Gasteiger partial charge in [-0.3, -0.25) is 4.79 Å². The first-order valence-electron chi connectivity index (χ1n) is 6.52. The molecule has 0 aliphatic heterocycles. The van der Waals surface area contributed by atoms with Crippen LogP contribution in [0.3, 0.4) is 0 Å². The van der Waals surface area contributed by atoms with Gasteiger partial charge in [0.15, 0.2) is 0 Å². The number of nitrogens with zero attached hydrogens (tertiary/aromatic N) is 1. The monoisotopic (exact) mass is 246 g/mol. The summed E-state index contributed by atoms with van der Waals surface area (Å²) in [6, 6.07) is 8.14. The van der Waals surface area contributed by atoms with Crippen molar-refractivity contribution in [2.75, 3.05) is 7.05 Å². The van der Waals surface area contributed by atoms with Crippen molar-refractivity contribution in [2.45, 2.75) is 38.8 Å². The third-order valence-corrected chi connectivity index (χ3v) is 3.90. The molecular formula is C15H22N2O. The van der Waals surface area contributed by atoms with Crippen LogP contribution in [0, 0.1) is 12.8 Å². The molecule has 3 nitrogen and oxygen atoms in total. The number of benzene rings is 1. The lowest BCUT2D eigenvalue weighted by Crippen LogP contribution is -2.53. The Labute approximate surface area is 109 Å². The molecule has 0 aromatic heterocycles. The molecule has 18 heavy (non-hydrogen) atoms. The van der Waals surface area contributed by atoms with Gasteiger partial charge in [0, 0.05) is 13.6 Å². The van der Waals surface area contributed by atoms with Crippen molar-refractivity contribution in [1.29, 1.82) is 0 Å². The van der Waals surface area contributed by atoms with Gasteiger partial charge in [0.2, 0.25) is 5.91 Å². The van der Waals surface area contributed by atoms with Gasteiger partial charge < -0.3 is 10.6 Å². The molecule has 2 N–H and O–H groups in total. The number of hydrogen-bond acceptors (Lipinski definition) is 2. The topological polar surface area (TPSA) is 46.3 Å². The lowest BCUT2D eigenvalue weighted by Gasteiger charge is -2.29. The number of hydrogen-bond donors (Lipinski definition) is 1. The molecule has 1 aromatic rings. The maximum absolute atomic E-state index is 12.4. The summed E-state index contributed by atoms with van der Waals surface area (Å²) in [6.07, 6.45) is 2.16. The largest absolute Gasteiger partial charge is 0.340 e. The average Bonchev–Trinajstić information content (AvgIpc) is 3.15. The fourth-order valence-corrected chi connectivity index (χ4v) is 2.38. The van der Waals surface area contributed by atoms with E-state index in [9.17, 15) is 4.79 Å². The molecule has 1 unspecified atom stereocenters. The second kappa shape index (κ2) is 4.73. The number of rotatable bonds is 4. The van der Waals surface area contributed by atoms with E-state index in [0.29, 0.717) is 12.5 Å². The minimum absolute atomic E-state index is 0.0493. The molecule has 0 spiro atoms. The first-order valence-corrected chi connectivity index (χ1v) is 6.52. The maximum atomic E-state index is 12.4. The molecule has 98 valence electrons. The van der Waals surface area contributed by atoms with Crippen LogP contribution in [0.4, 0.5) is 0 Å². The van der Waals surface area contributed by atoms with E-state index in [1.54, 1.807) is 4.90 Å². The zero-order chi connectivity index (χ0) is 13.3. The lowest BCUT2D eigenvalue weighted by molar-refractivity contribution is -0.136. The summed E-state index contributed by atoms with van der Waals surface area (Å²) >= 11 is 0. The normalized spacial score (nSPS) is 18.2. The first-order chi connectivity index (χ1) is 8.43. The number of amides is 1. The third-order valence-electron chi connectivity index (χ3n) is 3.90. The predicted molar refractivity (Wildman–Crippen MR) is 73.0 cm³/mol. The Balaban J connectivity index is 2.06. The van der Waals surface area contributed by atoms with E-state index in [4.69, 9.17) is 5.73 Å². The Bertz CT molecular complexity index is 450. The van der Waals surface area contributed by atoms with Gasteiger partial charge in [-0.1, -0.05) is 24.3 Å². The van der Waals surface area contributed by atoms with Crippen LogP contribution in [0.25, 0.3) is 0 Å². The number of carbonyl (C=O) groups excluding carboxylic acids is 1. The number of carbonyl (C=O) groups is 1. The fourth-order valence-electron chi connectivity index (χ4n) is 2.38. The summed E-state index contributed by atoms with van der Waals surface area (Å²) in [7, 11) is 1.84. The Morgan fingerprint density at radius 2 is 2.06 bits per heavy atom. The summed E-state index contributed by atoms with van der Waals surface area (Å²) in [6.45, 7) is 4.56. The summed E-state index contributed by atoms with van der Waals surface area (Å²) in [5, 5.41) is 0. The predicted octanol–water partition coefficient (Wildman–Crippen LogP) is 2.08. The lowest BCUT2D eigenvalue weighted by atomic mass is 9.95. The van der Waals surface area contributed by atoms with Crippen LogP contribution in [0.15, 0.2) is 24.3 Å². The summed E-state index contributed by atoms with van der Waals surface area (Å²) in [5.41, 5.74) is 7.86. The molecule has 0 radical (unpaired) electrons. The Kier molecular flexibility index (Phi) is 3.44. The number of likely N-dealkylation sites (N-methyl/N-ethyl adjacent to an activating group) is 1. The van der Waals surface area contributed by atoms with Gasteiger partial charge in [-0.15, -0.1) is 0 Å². The Morgan fingerprint density at radius 3 is 2.61 bits per heavy atom. The molecular weight excluding hydrogens is 224 g/mol. The summed E-state index contributed by atoms with van der Waals surface area (Å²) in [5.74, 6) is 0.414. The van der Waals surface area contributed by atoms with Gasteiger partial charge in [0.25, 0.3) is 0 Å². The summed E-state index contributed by atoms with van der Waals surface area (Å²) in [4.78, 5) is 14.1. The molecule has 2 rings (SSSR count). The molecule has 0 heterocycles. The van der Waals surface area contributed by atoms with Gasteiger partial charge in [0.1, 0.15) is 0 Å². The smallest absolute Gasteiger partial charge is 0.242 e. The van der Waals surface area contributed by atoms with Gasteiger partial charge in [-0.05, 0) is 43.7 Å². The second-order valence-electron chi connectivity index (χ2n) is 5.64. The molecule has 1 amide bonds. The van der Waals surface area contributed by atoms with Crippen molar-refractivity contribution in [3.05, 3.63) is 35.4 Å². The summed E-state index contributed by atoms with van der Waals surface area (Å²) < 4.78 is 0. The molecule has 1 atom stereocenters. The molecule has 1 fully saturated rings. The van der Waals surface area contributed by atoms with Crippen molar-refractivity contribution >= 4 is 5.91 Å². The van der Waals surface area contributed by atoms with E-state index < -0.39 is 5.54 Å². The van der Waals surface area contributed by atoms with Crippen LogP contribution in [0.1, 0.15) is 30.9 Å².